The molecule has 0 aliphatic rings. The second kappa shape index (κ2) is 6.70. The molecule has 0 amide bonds. The van der Waals surface area contributed by atoms with Crippen molar-refractivity contribution in [1.29, 1.82) is 0 Å². The molecular formula is C14H18ClN3O. The first-order valence-corrected chi connectivity index (χ1v) is 6.60. The minimum absolute atomic E-state index is 0.696. The van der Waals surface area contributed by atoms with Gasteiger partial charge in [0.15, 0.2) is 5.76 Å². The summed E-state index contributed by atoms with van der Waals surface area (Å²) in [6.45, 7) is 2.59. The zero-order valence-electron chi connectivity index (χ0n) is 11.2. The van der Waals surface area contributed by atoms with E-state index in [1.165, 1.54) is 0 Å². The lowest BCUT2D eigenvalue weighted by atomic mass is 10.2. The van der Waals surface area contributed by atoms with Gasteiger partial charge in [0.05, 0.1) is 12.7 Å². The van der Waals surface area contributed by atoms with Crippen molar-refractivity contribution >= 4 is 11.6 Å². The maximum absolute atomic E-state index is 5.97. The minimum atomic E-state index is 0.696. The average molecular weight is 280 g/mol. The van der Waals surface area contributed by atoms with Crippen LogP contribution in [0.25, 0.3) is 11.3 Å². The van der Waals surface area contributed by atoms with Gasteiger partial charge in [-0.3, -0.25) is 4.90 Å². The van der Waals surface area contributed by atoms with Crippen LogP contribution in [0.3, 0.4) is 0 Å². The van der Waals surface area contributed by atoms with Crippen molar-refractivity contribution in [2.24, 2.45) is 0 Å². The number of benzene rings is 1. The van der Waals surface area contributed by atoms with Gasteiger partial charge < -0.3 is 9.73 Å². The van der Waals surface area contributed by atoms with Crippen molar-refractivity contribution in [1.82, 2.24) is 15.2 Å². The Kier molecular flexibility index (Phi) is 4.96. The molecule has 4 nitrogen and oxygen atoms in total. The Hall–Kier alpha value is -1.36. The predicted octanol–water partition coefficient (Wildman–Crippen LogP) is 2.65. The SMILES string of the molecule is CNCCN(C)Cc1ncc(-c2cccc(Cl)c2)o1. The molecule has 0 spiro atoms. The molecule has 19 heavy (non-hydrogen) atoms. The largest absolute Gasteiger partial charge is 0.439 e. The second-order valence-electron chi connectivity index (χ2n) is 4.47. The standard InChI is InChI=1S/C14H18ClN3O/c1-16-6-7-18(2)10-14-17-9-13(19-14)11-4-3-5-12(15)8-11/h3-5,8-9,16H,6-7,10H2,1-2H3. The van der Waals surface area contributed by atoms with E-state index in [0.29, 0.717) is 17.5 Å². The third kappa shape index (κ3) is 4.06. The normalized spacial score (nSPS) is 11.2. The van der Waals surface area contributed by atoms with Crippen LogP contribution in [0, 0.1) is 0 Å². The predicted molar refractivity (Wildman–Crippen MR) is 77.2 cm³/mol. The van der Waals surface area contributed by atoms with Crippen LogP contribution in [0.2, 0.25) is 5.02 Å². The summed E-state index contributed by atoms with van der Waals surface area (Å²) in [5.74, 6) is 1.47. The fourth-order valence-corrected chi connectivity index (χ4v) is 1.96. The van der Waals surface area contributed by atoms with E-state index >= 15 is 0 Å². The fraction of sp³-hybridized carbons (Fsp3) is 0.357. The third-order valence-electron chi connectivity index (χ3n) is 2.81. The molecule has 0 saturated heterocycles. The van der Waals surface area contributed by atoms with Crippen LogP contribution in [0.15, 0.2) is 34.9 Å². The molecule has 0 atom stereocenters. The van der Waals surface area contributed by atoms with E-state index in [4.69, 9.17) is 16.0 Å². The van der Waals surface area contributed by atoms with Crippen LogP contribution in [-0.2, 0) is 6.54 Å². The number of rotatable bonds is 6. The van der Waals surface area contributed by atoms with Gasteiger partial charge in [-0.15, -0.1) is 0 Å². The average Bonchev–Trinajstić information content (AvgIpc) is 2.85. The molecule has 1 N–H and O–H groups in total. The summed E-state index contributed by atoms with van der Waals surface area (Å²) < 4.78 is 5.74. The van der Waals surface area contributed by atoms with E-state index in [0.717, 1.165) is 24.4 Å². The Balaban J connectivity index is 2.03. The maximum Gasteiger partial charge on any atom is 0.209 e. The van der Waals surface area contributed by atoms with Gasteiger partial charge in [0, 0.05) is 23.7 Å². The van der Waals surface area contributed by atoms with Crippen molar-refractivity contribution < 1.29 is 4.42 Å². The summed E-state index contributed by atoms with van der Waals surface area (Å²) in [4.78, 5) is 6.46. The van der Waals surface area contributed by atoms with Crippen LogP contribution < -0.4 is 5.32 Å². The summed E-state index contributed by atoms with van der Waals surface area (Å²) >= 11 is 5.97. The first kappa shape index (κ1) is 14.1. The number of aromatic nitrogens is 1. The molecule has 0 aliphatic carbocycles. The third-order valence-corrected chi connectivity index (χ3v) is 3.05. The Morgan fingerprint density at radius 2 is 2.26 bits per heavy atom. The monoisotopic (exact) mass is 279 g/mol. The first-order valence-electron chi connectivity index (χ1n) is 6.23. The highest BCUT2D eigenvalue weighted by atomic mass is 35.5. The lowest BCUT2D eigenvalue weighted by molar-refractivity contribution is 0.291. The Morgan fingerprint density at radius 1 is 1.42 bits per heavy atom. The van der Waals surface area contributed by atoms with Crippen LogP contribution in [-0.4, -0.2) is 37.1 Å². The summed E-state index contributed by atoms with van der Waals surface area (Å²) in [6, 6.07) is 7.57. The molecular weight excluding hydrogens is 262 g/mol. The van der Waals surface area contributed by atoms with Crippen molar-refractivity contribution in [3.63, 3.8) is 0 Å². The molecule has 1 aromatic heterocycles. The van der Waals surface area contributed by atoms with Crippen LogP contribution in [0.4, 0.5) is 0 Å². The summed E-state index contributed by atoms with van der Waals surface area (Å²) in [5, 5.41) is 3.81. The maximum atomic E-state index is 5.97. The van der Waals surface area contributed by atoms with Gasteiger partial charge in [-0.25, -0.2) is 4.98 Å². The molecule has 0 saturated carbocycles. The number of nitrogens with one attached hydrogen (secondary N) is 1. The molecule has 2 rings (SSSR count). The molecule has 5 heteroatoms. The molecule has 102 valence electrons. The lowest BCUT2D eigenvalue weighted by Crippen LogP contribution is -2.27. The van der Waals surface area contributed by atoms with Crippen molar-refractivity contribution in [3.8, 4) is 11.3 Å². The van der Waals surface area contributed by atoms with E-state index in [9.17, 15) is 0 Å². The van der Waals surface area contributed by atoms with Gasteiger partial charge >= 0.3 is 0 Å². The highest BCUT2D eigenvalue weighted by Gasteiger charge is 2.08. The highest BCUT2D eigenvalue weighted by molar-refractivity contribution is 6.30. The lowest BCUT2D eigenvalue weighted by Gasteiger charge is -2.13. The van der Waals surface area contributed by atoms with E-state index < -0.39 is 0 Å². The molecule has 1 heterocycles. The summed E-state index contributed by atoms with van der Waals surface area (Å²) in [5.41, 5.74) is 0.948. The Labute approximate surface area is 118 Å². The topological polar surface area (TPSA) is 41.3 Å². The minimum Gasteiger partial charge on any atom is -0.439 e. The molecule has 0 aliphatic heterocycles. The number of oxazole rings is 1. The number of likely N-dealkylation sites (N-methyl/N-ethyl adjacent to an activating group) is 2. The molecule has 0 fully saturated rings. The van der Waals surface area contributed by atoms with Crippen LogP contribution in [0.1, 0.15) is 5.89 Å². The van der Waals surface area contributed by atoms with Gasteiger partial charge in [0.1, 0.15) is 0 Å². The Morgan fingerprint density at radius 3 is 3.00 bits per heavy atom. The van der Waals surface area contributed by atoms with Gasteiger partial charge in [-0.1, -0.05) is 23.7 Å². The number of halogens is 1. The zero-order valence-corrected chi connectivity index (χ0v) is 11.9. The van der Waals surface area contributed by atoms with Crippen molar-refractivity contribution in [2.75, 3.05) is 27.2 Å². The number of hydrogen-bond acceptors (Lipinski definition) is 4. The van der Waals surface area contributed by atoms with Gasteiger partial charge in [0.2, 0.25) is 5.89 Å². The summed E-state index contributed by atoms with van der Waals surface area (Å²) in [7, 11) is 3.98. The molecule has 0 bridgehead atoms. The summed E-state index contributed by atoms with van der Waals surface area (Å²) in [6.07, 6.45) is 1.74. The van der Waals surface area contributed by atoms with Gasteiger partial charge in [-0.05, 0) is 26.2 Å². The van der Waals surface area contributed by atoms with E-state index in [1.807, 2.05) is 38.4 Å². The molecule has 0 radical (unpaired) electrons. The van der Waals surface area contributed by atoms with Gasteiger partial charge in [0.25, 0.3) is 0 Å². The fourth-order valence-electron chi connectivity index (χ4n) is 1.77. The zero-order chi connectivity index (χ0) is 13.7. The van der Waals surface area contributed by atoms with Gasteiger partial charge in [-0.2, -0.15) is 0 Å². The molecule has 0 unspecified atom stereocenters. The quantitative estimate of drug-likeness (QED) is 0.883. The smallest absolute Gasteiger partial charge is 0.209 e. The molecule has 1 aromatic carbocycles. The molecule has 2 aromatic rings. The van der Waals surface area contributed by atoms with Crippen molar-refractivity contribution in [2.45, 2.75) is 6.54 Å². The second-order valence-corrected chi connectivity index (χ2v) is 4.91. The van der Waals surface area contributed by atoms with E-state index in [2.05, 4.69) is 15.2 Å². The van der Waals surface area contributed by atoms with Crippen molar-refractivity contribution in [3.05, 3.63) is 41.4 Å². The van der Waals surface area contributed by atoms with E-state index in [-0.39, 0.29) is 0 Å². The number of hydrogen-bond donors (Lipinski definition) is 1. The van der Waals surface area contributed by atoms with E-state index in [1.54, 1.807) is 6.20 Å². The first-order chi connectivity index (χ1) is 9.19. The number of nitrogens with zero attached hydrogens (tertiary/aromatic N) is 2. The Bertz CT molecular complexity index is 527. The van der Waals surface area contributed by atoms with Crippen LogP contribution >= 0.6 is 11.6 Å². The highest BCUT2D eigenvalue weighted by Crippen LogP contribution is 2.23. The van der Waals surface area contributed by atoms with Crippen LogP contribution in [0.5, 0.6) is 0 Å².